The highest BCUT2D eigenvalue weighted by molar-refractivity contribution is 5.88. The first-order chi connectivity index (χ1) is 17.3. The van der Waals surface area contributed by atoms with Crippen LogP contribution in [-0.2, 0) is 0 Å². The van der Waals surface area contributed by atoms with E-state index in [0.29, 0.717) is 0 Å². The van der Waals surface area contributed by atoms with Crippen LogP contribution in [0.1, 0.15) is 33.4 Å². The third kappa shape index (κ3) is 4.90. The molecule has 0 N–H and O–H groups in total. The van der Waals surface area contributed by atoms with Crippen molar-refractivity contribution in [2.24, 2.45) is 0 Å². The molecule has 0 heteroatoms. The van der Waals surface area contributed by atoms with Gasteiger partial charge in [-0.3, -0.25) is 0 Å². The monoisotopic (exact) mass is 466 g/mol. The lowest BCUT2D eigenvalue weighted by Gasteiger charge is -2.16. The highest BCUT2D eigenvalue weighted by atomic mass is 14.2. The van der Waals surface area contributed by atoms with Crippen molar-refractivity contribution in [2.45, 2.75) is 41.5 Å². The zero-order valence-electron chi connectivity index (χ0n) is 22.2. The first-order valence-electron chi connectivity index (χ1n) is 12.8. The normalized spacial score (nSPS) is 11.1. The zero-order valence-corrected chi connectivity index (χ0v) is 22.2. The summed E-state index contributed by atoms with van der Waals surface area (Å²) in [6.45, 7) is 13.1. The van der Waals surface area contributed by atoms with E-state index in [2.05, 4.69) is 139 Å². The van der Waals surface area contributed by atoms with Crippen molar-refractivity contribution >= 4 is 0 Å². The molecule has 36 heavy (non-hydrogen) atoms. The Hall–Kier alpha value is -3.90. The molecule has 0 heterocycles. The van der Waals surface area contributed by atoms with Gasteiger partial charge in [0.1, 0.15) is 0 Å². The fourth-order valence-electron chi connectivity index (χ4n) is 5.31. The van der Waals surface area contributed by atoms with Gasteiger partial charge >= 0.3 is 0 Å². The summed E-state index contributed by atoms with van der Waals surface area (Å²) in [7, 11) is 0. The summed E-state index contributed by atoms with van der Waals surface area (Å²) >= 11 is 0. The van der Waals surface area contributed by atoms with Gasteiger partial charge in [-0.2, -0.15) is 0 Å². The van der Waals surface area contributed by atoms with Crippen molar-refractivity contribution in [2.75, 3.05) is 0 Å². The lowest BCUT2D eigenvalue weighted by molar-refractivity contribution is 1.34. The molecule has 178 valence electrons. The molecule has 0 saturated heterocycles. The Morgan fingerprint density at radius 1 is 0.306 bits per heavy atom. The third-order valence-corrected chi connectivity index (χ3v) is 7.09. The second-order valence-electron chi connectivity index (χ2n) is 10.4. The van der Waals surface area contributed by atoms with Crippen molar-refractivity contribution in [1.82, 2.24) is 0 Å². The van der Waals surface area contributed by atoms with E-state index in [-0.39, 0.29) is 0 Å². The van der Waals surface area contributed by atoms with E-state index in [9.17, 15) is 0 Å². The predicted octanol–water partition coefficient (Wildman–Crippen LogP) is 10.2. The molecule has 0 amide bonds. The molecule has 0 aliphatic rings. The molecule has 5 aromatic carbocycles. The average Bonchev–Trinajstić information content (AvgIpc) is 2.84. The number of rotatable bonds is 4. The first-order valence-corrected chi connectivity index (χ1v) is 12.8. The predicted molar refractivity (Wildman–Crippen MR) is 157 cm³/mol. The molecule has 0 saturated carbocycles. The molecule has 0 bridgehead atoms. The SMILES string of the molecule is Cc1cc(C)cc(-c2cccc(-c3cc(C)c(C)cc3-c3cccc(-c4cc(C)cc(C)c4)c3)c2)c1. The van der Waals surface area contributed by atoms with Gasteiger partial charge in [0.15, 0.2) is 0 Å². The number of hydrogen-bond acceptors (Lipinski definition) is 0. The molecule has 0 atom stereocenters. The van der Waals surface area contributed by atoms with Crippen LogP contribution in [0.3, 0.4) is 0 Å². The van der Waals surface area contributed by atoms with E-state index in [4.69, 9.17) is 0 Å². The van der Waals surface area contributed by atoms with E-state index in [1.54, 1.807) is 0 Å². The first kappa shape index (κ1) is 23.8. The van der Waals surface area contributed by atoms with Crippen LogP contribution >= 0.6 is 0 Å². The van der Waals surface area contributed by atoms with E-state index >= 15 is 0 Å². The highest BCUT2D eigenvalue weighted by Crippen LogP contribution is 2.38. The maximum Gasteiger partial charge on any atom is -0.0102 e. The van der Waals surface area contributed by atoms with Crippen molar-refractivity contribution in [3.05, 3.63) is 130 Å². The van der Waals surface area contributed by atoms with E-state index in [1.165, 1.54) is 77.9 Å². The lowest BCUT2D eigenvalue weighted by Crippen LogP contribution is -1.92. The lowest BCUT2D eigenvalue weighted by atomic mass is 9.88. The van der Waals surface area contributed by atoms with Crippen LogP contribution in [0, 0.1) is 41.5 Å². The topological polar surface area (TPSA) is 0 Å². The Balaban J connectivity index is 1.66. The van der Waals surface area contributed by atoms with Crippen LogP contribution in [0.4, 0.5) is 0 Å². The molecule has 0 radical (unpaired) electrons. The molecular weight excluding hydrogens is 432 g/mol. The quantitative estimate of drug-likeness (QED) is 0.247. The molecule has 5 aromatic rings. The second kappa shape index (κ2) is 9.63. The summed E-state index contributed by atoms with van der Waals surface area (Å²) in [5, 5.41) is 0. The summed E-state index contributed by atoms with van der Waals surface area (Å²) in [5.74, 6) is 0. The Kier molecular flexibility index (Phi) is 6.37. The fraction of sp³-hybridized carbons (Fsp3) is 0.167. The van der Waals surface area contributed by atoms with Gasteiger partial charge < -0.3 is 0 Å². The van der Waals surface area contributed by atoms with Crippen LogP contribution in [0.15, 0.2) is 97.1 Å². The summed E-state index contributed by atoms with van der Waals surface area (Å²) in [5.41, 5.74) is 17.9. The number of benzene rings is 5. The summed E-state index contributed by atoms with van der Waals surface area (Å²) in [6, 6.07) is 36.3. The van der Waals surface area contributed by atoms with Gasteiger partial charge in [-0.05, 0) is 109 Å². The van der Waals surface area contributed by atoms with Crippen LogP contribution in [-0.4, -0.2) is 0 Å². The third-order valence-electron chi connectivity index (χ3n) is 7.09. The van der Waals surface area contributed by atoms with Gasteiger partial charge in [-0.25, -0.2) is 0 Å². The van der Waals surface area contributed by atoms with Crippen LogP contribution in [0.25, 0.3) is 44.5 Å². The maximum atomic E-state index is 2.36. The molecule has 0 aliphatic carbocycles. The summed E-state index contributed by atoms with van der Waals surface area (Å²) < 4.78 is 0. The van der Waals surface area contributed by atoms with Gasteiger partial charge in [0, 0.05) is 0 Å². The molecule has 0 aromatic heterocycles. The number of aryl methyl sites for hydroxylation is 6. The van der Waals surface area contributed by atoms with Crippen molar-refractivity contribution in [3.8, 4) is 44.5 Å². The van der Waals surface area contributed by atoms with Gasteiger partial charge in [0.2, 0.25) is 0 Å². The molecule has 0 spiro atoms. The smallest absolute Gasteiger partial charge is 0.0102 e. The van der Waals surface area contributed by atoms with Crippen molar-refractivity contribution in [1.29, 1.82) is 0 Å². The van der Waals surface area contributed by atoms with Crippen LogP contribution in [0.2, 0.25) is 0 Å². The van der Waals surface area contributed by atoms with Gasteiger partial charge in [0.25, 0.3) is 0 Å². The van der Waals surface area contributed by atoms with Crippen molar-refractivity contribution in [3.63, 3.8) is 0 Å². The Morgan fingerprint density at radius 2 is 0.639 bits per heavy atom. The van der Waals surface area contributed by atoms with Gasteiger partial charge in [-0.1, -0.05) is 107 Å². The number of hydrogen-bond donors (Lipinski definition) is 0. The minimum Gasteiger partial charge on any atom is -0.0610 e. The molecule has 5 rings (SSSR count). The average molecular weight is 467 g/mol. The highest BCUT2D eigenvalue weighted by Gasteiger charge is 2.13. The van der Waals surface area contributed by atoms with Gasteiger partial charge in [0.05, 0.1) is 0 Å². The Morgan fingerprint density at radius 3 is 1.00 bits per heavy atom. The van der Waals surface area contributed by atoms with Gasteiger partial charge in [-0.15, -0.1) is 0 Å². The minimum atomic E-state index is 1.25. The Bertz CT molecular complexity index is 1420. The minimum absolute atomic E-state index is 1.25. The molecular formula is C36H34. The summed E-state index contributed by atoms with van der Waals surface area (Å²) in [6.07, 6.45) is 0. The van der Waals surface area contributed by atoms with Crippen LogP contribution in [0.5, 0.6) is 0 Å². The molecule has 0 unspecified atom stereocenters. The zero-order chi connectivity index (χ0) is 25.4. The standard InChI is InChI=1S/C36H34/c1-23-13-24(2)16-33(15-23)29-9-7-11-31(21-29)35-19-27(5)28(6)20-36(35)32-12-8-10-30(22-32)34-17-25(3)14-26(4)18-34/h7-22H,1-6H3. The largest absolute Gasteiger partial charge is 0.0610 e. The van der Waals surface area contributed by atoms with Crippen LogP contribution < -0.4 is 0 Å². The van der Waals surface area contributed by atoms with E-state index in [0.717, 1.165) is 0 Å². The summed E-state index contributed by atoms with van der Waals surface area (Å²) in [4.78, 5) is 0. The molecule has 0 nitrogen and oxygen atoms in total. The molecule has 0 aliphatic heterocycles. The second-order valence-corrected chi connectivity index (χ2v) is 10.4. The molecule has 0 fully saturated rings. The van der Waals surface area contributed by atoms with E-state index < -0.39 is 0 Å². The van der Waals surface area contributed by atoms with E-state index in [1.807, 2.05) is 0 Å². The Labute approximate surface area is 216 Å². The van der Waals surface area contributed by atoms with Crippen molar-refractivity contribution < 1.29 is 0 Å². The maximum absolute atomic E-state index is 2.36. The fourth-order valence-corrected chi connectivity index (χ4v) is 5.31.